The maximum atomic E-state index is 12.0. The van der Waals surface area contributed by atoms with Crippen molar-refractivity contribution in [3.63, 3.8) is 0 Å². The maximum Gasteiger partial charge on any atom is 0.362 e. The normalized spacial score (nSPS) is 25.4. The Kier molecular flexibility index (Phi) is 5.83. The van der Waals surface area contributed by atoms with E-state index in [0.717, 1.165) is 0 Å². The van der Waals surface area contributed by atoms with Gasteiger partial charge in [0.2, 0.25) is 0 Å². The molecule has 0 aromatic carbocycles. The number of nitrogens with zero attached hydrogens (tertiary/aromatic N) is 3. The molecule has 1 aromatic heterocycles. The van der Waals surface area contributed by atoms with E-state index in [1.165, 1.54) is 21.5 Å². The van der Waals surface area contributed by atoms with Gasteiger partial charge in [-0.3, -0.25) is 23.8 Å². The molecule has 3 atom stereocenters. The Morgan fingerprint density at radius 3 is 2.78 bits per heavy atom. The van der Waals surface area contributed by atoms with Crippen LogP contribution in [0.4, 0.5) is 0 Å². The number of rotatable bonds is 5. The number of likely N-dealkylation sites (N-methyl/N-ethyl adjacent to an activating group) is 1. The van der Waals surface area contributed by atoms with Crippen LogP contribution in [0.5, 0.6) is 0 Å². The molecule has 0 spiro atoms. The summed E-state index contributed by atoms with van der Waals surface area (Å²) in [6.45, 7) is -2.33. The first-order valence-corrected chi connectivity index (χ1v) is 9.45. The summed E-state index contributed by atoms with van der Waals surface area (Å²) >= 11 is 5.82. The molecule has 0 amide bonds. The van der Waals surface area contributed by atoms with Crippen molar-refractivity contribution in [1.29, 1.82) is 0 Å². The van der Waals surface area contributed by atoms with Gasteiger partial charge in [-0.05, 0) is 32.4 Å². The third kappa shape index (κ3) is 4.76. The molecule has 1 unspecified atom stereocenters. The lowest BCUT2D eigenvalue weighted by atomic mass is 10.3. The zero-order valence-electron chi connectivity index (χ0n) is 13.1. The van der Waals surface area contributed by atoms with Crippen molar-refractivity contribution in [2.45, 2.75) is 12.3 Å². The monoisotopic (exact) mass is 366 g/mol. The molecule has 1 N–H and O–H groups in total. The lowest BCUT2D eigenvalue weighted by Crippen LogP contribution is -2.48. The quantitative estimate of drug-likeness (QED) is 0.748. The highest BCUT2D eigenvalue weighted by molar-refractivity contribution is 7.83. The summed E-state index contributed by atoms with van der Waals surface area (Å²) in [5, 5.41) is 0. The van der Waals surface area contributed by atoms with E-state index in [1.54, 1.807) is 14.1 Å². The van der Waals surface area contributed by atoms with Crippen molar-refractivity contribution in [1.82, 2.24) is 19.1 Å². The van der Waals surface area contributed by atoms with E-state index in [9.17, 15) is 14.2 Å². The van der Waals surface area contributed by atoms with Crippen LogP contribution in [0, 0.1) is 0 Å². The fourth-order valence-electron chi connectivity index (χ4n) is 2.19. The van der Waals surface area contributed by atoms with Crippen molar-refractivity contribution in [3.8, 4) is 0 Å². The van der Waals surface area contributed by atoms with Crippen LogP contribution in [0.15, 0.2) is 21.9 Å². The number of aromatic amines is 1. The van der Waals surface area contributed by atoms with Crippen LogP contribution in [0.2, 0.25) is 0 Å². The Labute approximate surface area is 138 Å². The first-order chi connectivity index (χ1) is 10.7. The highest BCUT2D eigenvalue weighted by Crippen LogP contribution is 2.54. The van der Waals surface area contributed by atoms with Crippen LogP contribution < -0.4 is 11.2 Å². The minimum Gasteiger partial charge on any atom is -0.350 e. The summed E-state index contributed by atoms with van der Waals surface area (Å²) in [4.78, 5) is 27.1. The number of H-pyrrole nitrogens is 1. The smallest absolute Gasteiger partial charge is 0.350 e. The second kappa shape index (κ2) is 7.29. The number of hydrogen-bond acceptors (Lipinski definition) is 6. The lowest BCUT2D eigenvalue weighted by Gasteiger charge is -2.36. The van der Waals surface area contributed by atoms with Crippen LogP contribution in [0.3, 0.4) is 0 Å². The van der Waals surface area contributed by atoms with E-state index >= 15 is 0 Å². The van der Waals surface area contributed by atoms with Crippen molar-refractivity contribution < 1.29 is 13.8 Å². The highest BCUT2D eigenvalue weighted by Gasteiger charge is 2.31. The Hall–Kier alpha value is -0.960. The molecule has 0 bridgehead atoms. The fourth-order valence-corrected chi connectivity index (χ4v) is 2.94. The number of halogens is 1. The molecule has 1 aliphatic heterocycles. The van der Waals surface area contributed by atoms with Gasteiger partial charge in [-0.1, -0.05) is 0 Å². The van der Waals surface area contributed by atoms with Crippen molar-refractivity contribution in [2.24, 2.45) is 0 Å². The highest BCUT2D eigenvalue weighted by atomic mass is 35.7. The van der Waals surface area contributed by atoms with Gasteiger partial charge in [0.15, 0.2) is 6.23 Å². The van der Waals surface area contributed by atoms with E-state index in [2.05, 4.69) is 4.98 Å². The van der Waals surface area contributed by atoms with E-state index in [0.29, 0.717) is 13.1 Å². The third-order valence-corrected chi connectivity index (χ3v) is 6.01. The topological polar surface area (TPSA) is 96.9 Å². The molecule has 0 aliphatic carbocycles. The van der Waals surface area contributed by atoms with Gasteiger partial charge in [0, 0.05) is 25.4 Å². The molecule has 1 aromatic rings. The lowest BCUT2D eigenvalue weighted by molar-refractivity contribution is -0.127. The molecule has 130 valence electrons. The van der Waals surface area contributed by atoms with E-state index in [-0.39, 0.29) is 6.61 Å². The molecule has 0 radical (unpaired) electrons. The summed E-state index contributed by atoms with van der Waals surface area (Å²) in [5.41, 5.74) is -1.02. The summed E-state index contributed by atoms with van der Waals surface area (Å²) in [5.74, 6) is 0. The van der Waals surface area contributed by atoms with Crippen molar-refractivity contribution >= 4 is 18.1 Å². The van der Waals surface area contributed by atoms with Crippen LogP contribution >= 0.6 is 18.1 Å². The zero-order valence-corrected chi connectivity index (χ0v) is 14.8. The number of hydrogen-bond donors (Lipinski definition) is 1. The first kappa shape index (κ1) is 18.4. The van der Waals surface area contributed by atoms with Gasteiger partial charge >= 0.3 is 12.6 Å². The van der Waals surface area contributed by atoms with Crippen LogP contribution in [-0.2, 0) is 13.8 Å². The predicted octanol–water partition coefficient (Wildman–Crippen LogP) is 0.291. The Balaban J connectivity index is 2.09. The molecule has 9 nitrogen and oxygen atoms in total. The second-order valence-corrected chi connectivity index (χ2v) is 8.79. The maximum absolute atomic E-state index is 12.0. The molecule has 1 saturated heterocycles. The summed E-state index contributed by atoms with van der Waals surface area (Å²) in [6, 6.07) is 1.25. The van der Waals surface area contributed by atoms with Crippen molar-refractivity contribution in [3.05, 3.63) is 33.1 Å². The van der Waals surface area contributed by atoms with E-state index < -0.39 is 30.5 Å². The molecule has 11 heteroatoms. The minimum atomic E-state index is -3.37. The number of morpholine rings is 1. The van der Waals surface area contributed by atoms with Gasteiger partial charge in [-0.2, -0.15) is 0 Å². The average Bonchev–Trinajstić information content (AvgIpc) is 2.44. The number of nitrogens with one attached hydrogen (secondary N) is 1. The SMILES string of the molecule is CN1CC(n2ccc(=O)[nH]c2=O)O[C@H](CO[P@](=O)(Cl)N(C)C)C1. The van der Waals surface area contributed by atoms with E-state index in [4.69, 9.17) is 20.5 Å². The largest absolute Gasteiger partial charge is 0.362 e. The molecule has 2 rings (SSSR count). The molecular weight excluding hydrogens is 347 g/mol. The number of ether oxygens (including phenoxy) is 1. The Morgan fingerprint density at radius 1 is 1.48 bits per heavy atom. The molecular formula is C12H20ClN4O5P. The summed E-state index contributed by atoms with van der Waals surface area (Å²) in [7, 11) is 4.99. The van der Waals surface area contributed by atoms with Gasteiger partial charge in [-0.15, -0.1) is 0 Å². The Morgan fingerprint density at radius 2 is 2.17 bits per heavy atom. The molecule has 23 heavy (non-hydrogen) atoms. The first-order valence-electron chi connectivity index (χ1n) is 6.96. The third-order valence-electron chi connectivity index (χ3n) is 3.39. The fraction of sp³-hybridized carbons (Fsp3) is 0.667. The van der Waals surface area contributed by atoms with Crippen LogP contribution in [0.1, 0.15) is 6.23 Å². The van der Waals surface area contributed by atoms with Gasteiger partial charge in [0.1, 0.15) is 0 Å². The van der Waals surface area contributed by atoms with Crippen LogP contribution in [0.25, 0.3) is 0 Å². The van der Waals surface area contributed by atoms with Crippen molar-refractivity contribution in [2.75, 3.05) is 40.8 Å². The average molecular weight is 367 g/mol. The van der Waals surface area contributed by atoms with Gasteiger partial charge in [0.05, 0.1) is 12.7 Å². The molecule has 1 fully saturated rings. The standard InChI is InChI=1S/C12H20ClN4O5P/c1-15(2)23(13,20)21-8-9-6-16(3)7-11(22-9)17-5-4-10(18)14-12(17)19/h4-5,9,11H,6-8H2,1-3H3,(H,14,18,19)/t9-,11?,23+/m0/s1. The van der Waals surface area contributed by atoms with Gasteiger partial charge < -0.3 is 9.26 Å². The van der Waals surface area contributed by atoms with Gasteiger partial charge in [-0.25, -0.2) is 9.46 Å². The second-order valence-electron chi connectivity index (χ2n) is 5.55. The zero-order chi connectivity index (χ0) is 17.2. The summed E-state index contributed by atoms with van der Waals surface area (Å²) < 4.78 is 25.7. The minimum absolute atomic E-state index is 0.0257. The predicted molar refractivity (Wildman–Crippen MR) is 85.8 cm³/mol. The summed E-state index contributed by atoms with van der Waals surface area (Å²) in [6.07, 6.45) is 0.389. The molecule has 2 heterocycles. The van der Waals surface area contributed by atoms with Gasteiger partial charge in [0.25, 0.3) is 5.56 Å². The van der Waals surface area contributed by atoms with Crippen LogP contribution in [-0.4, -0.2) is 66.1 Å². The molecule has 0 saturated carbocycles. The molecule has 1 aliphatic rings. The van der Waals surface area contributed by atoms with E-state index in [1.807, 2.05) is 11.9 Å². The Bertz CT molecular complexity index is 705. The number of aromatic nitrogens is 2.